The van der Waals surface area contributed by atoms with Crippen LogP contribution >= 0.6 is 15.9 Å². The number of halogens is 1. The van der Waals surface area contributed by atoms with Crippen LogP contribution in [0.1, 0.15) is 24.7 Å². The molecule has 3 unspecified atom stereocenters. The highest BCUT2D eigenvalue weighted by Gasteiger charge is 2.55. The van der Waals surface area contributed by atoms with Crippen LogP contribution in [0.2, 0.25) is 0 Å². The molecule has 5 nitrogen and oxygen atoms in total. The molecule has 29 heavy (non-hydrogen) atoms. The quantitative estimate of drug-likeness (QED) is 0.398. The van der Waals surface area contributed by atoms with Crippen molar-refractivity contribution in [2.24, 2.45) is 5.92 Å². The Labute approximate surface area is 175 Å². The fraction of sp³-hybridized carbons (Fsp3) is 0.217. The number of nitrogens with zero attached hydrogens (tertiary/aromatic N) is 2. The first-order valence-electron chi connectivity index (χ1n) is 9.77. The van der Waals surface area contributed by atoms with Crippen molar-refractivity contribution in [3.8, 4) is 11.1 Å². The first-order chi connectivity index (χ1) is 14.1. The molecule has 6 heteroatoms. The number of aromatic amines is 1. The van der Waals surface area contributed by atoms with Gasteiger partial charge in [0.05, 0.1) is 17.1 Å². The molecule has 0 radical (unpaired) electrons. The molecule has 1 saturated carbocycles. The maximum absolute atomic E-state index is 11.7. The van der Waals surface area contributed by atoms with Gasteiger partial charge >= 0.3 is 6.09 Å². The van der Waals surface area contributed by atoms with Gasteiger partial charge in [-0.05, 0) is 71.0 Å². The summed E-state index contributed by atoms with van der Waals surface area (Å²) >= 11 is 3.52. The number of hydrogen-bond acceptors (Lipinski definition) is 2. The fourth-order valence-electron chi connectivity index (χ4n) is 4.74. The number of hydrogen-bond donors (Lipinski definition) is 2. The molecule has 1 aliphatic carbocycles. The third kappa shape index (κ3) is 2.74. The van der Waals surface area contributed by atoms with Crippen molar-refractivity contribution in [2.75, 3.05) is 0 Å². The Morgan fingerprint density at radius 3 is 2.66 bits per heavy atom. The normalized spacial score (nSPS) is 22.9. The molecule has 2 fully saturated rings. The number of rotatable bonds is 2. The molecule has 1 amide bonds. The third-order valence-electron chi connectivity index (χ3n) is 6.28. The monoisotopic (exact) mass is 447 g/mol. The number of aromatic nitrogens is 2. The summed E-state index contributed by atoms with van der Waals surface area (Å²) < 4.78 is 1.07. The second-order valence-corrected chi connectivity index (χ2v) is 8.98. The Bertz CT molecular complexity index is 1300. The Hall–Kier alpha value is -2.86. The molecular weight excluding hydrogens is 430 g/mol. The van der Waals surface area contributed by atoms with E-state index in [9.17, 15) is 9.90 Å². The minimum atomic E-state index is -0.844. The average Bonchev–Trinajstić information content (AvgIpc) is 3.17. The van der Waals surface area contributed by atoms with Gasteiger partial charge in [-0.2, -0.15) is 0 Å². The molecule has 1 aliphatic heterocycles. The van der Waals surface area contributed by atoms with Gasteiger partial charge in [-0.1, -0.05) is 40.2 Å². The number of carboxylic acid groups (broad SMARTS) is 1. The van der Waals surface area contributed by atoms with Crippen LogP contribution in [0, 0.1) is 5.92 Å². The van der Waals surface area contributed by atoms with Crippen LogP contribution in [0.5, 0.6) is 0 Å². The Morgan fingerprint density at radius 2 is 1.79 bits per heavy atom. The van der Waals surface area contributed by atoms with Crippen LogP contribution in [0.4, 0.5) is 4.79 Å². The van der Waals surface area contributed by atoms with Crippen LogP contribution in [0.3, 0.4) is 0 Å². The van der Waals surface area contributed by atoms with E-state index in [1.165, 1.54) is 10.8 Å². The first kappa shape index (κ1) is 17.0. The summed E-state index contributed by atoms with van der Waals surface area (Å²) in [4.78, 5) is 21.4. The summed E-state index contributed by atoms with van der Waals surface area (Å²) in [5.74, 6) is 1.26. The van der Waals surface area contributed by atoms with E-state index in [-0.39, 0.29) is 12.1 Å². The van der Waals surface area contributed by atoms with E-state index in [4.69, 9.17) is 4.98 Å². The molecule has 1 saturated heterocycles. The van der Waals surface area contributed by atoms with Gasteiger partial charge in [-0.15, -0.1) is 0 Å². The zero-order valence-electron chi connectivity index (χ0n) is 15.5. The van der Waals surface area contributed by atoms with Gasteiger partial charge in [0.2, 0.25) is 0 Å². The number of H-pyrrole nitrogens is 1. The summed E-state index contributed by atoms with van der Waals surface area (Å²) in [6, 6.07) is 18.9. The fourth-order valence-corrected chi connectivity index (χ4v) is 5.12. The number of carbonyl (C=O) groups is 1. The highest BCUT2D eigenvalue weighted by Crippen LogP contribution is 2.53. The summed E-state index contributed by atoms with van der Waals surface area (Å²) in [5.41, 5.74) is 4.08. The number of amides is 1. The topological polar surface area (TPSA) is 69.2 Å². The zero-order chi connectivity index (χ0) is 19.7. The van der Waals surface area contributed by atoms with Crippen LogP contribution in [0.15, 0.2) is 59.1 Å². The molecule has 0 spiro atoms. The lowest BCUT2D eigenvalue weighted by Gasteiger charge is -2.22. The van der Waals surface area contributed by atoms with Crippen molar-refractivity contribution < 1.29 is 9.90 Å². The van der Waals surface area contributed by atoms with Gasteiger partial charge in [-0.25, -0.2) is 9.78 Å². The van der Waals surface area contributed by atoms with Crippen LogP contribution in [-0.2, 0) is 0 Å². The number of fused-ring (bicyclic) bond motifs is 3. The highest BCUT2D eigenvalue weighted by atomic mass is 79.9. The summed E-state index contributed by atoms with van der Waals surface area (Å²) in [6.45, 7) is 0. The summed E-state index contributed by atoms with van der Waals surface area (Å²) in [6.07, 6.45) is 1.01. The molecule has 2 N–H and O–H groups in total. The van der Waals surface area contributed by atoms with Gasteiger partial charge < -0.3 is 10.1 Å². The van der Waals surface area contributed by atoms with Crippen molar-refractivity contribution in [2.45, 2.75) is 24.9 Å². The molecule has 144 valence electrons. The van der Waals surface area contributed by atoms with E-state index < -0.39 is 6.09 Å². The van der Waals surface area contributed by atoms with E-state index in [1.54, 1.807) is 4.90 Å². The van der Waals surface area contributed by atoms with Crippen molar-refractivity contribution in [3.63, 3.8) is 0 Å². The largest absolute Gasteiger partial charge is 0.465 e. The van der Waals surface area contributed by atoms with Gasteiger partial charge in [-0.3, -0.25) is 4.90 Å². The second kappa shape index (κ2) is 6.07. The van der Waals surface area contributed by atoms with Crippen LogP contribution < -0.4 is 0 Å². The lowest BCUT2D eigenvalue weighted by atomic mass is 10.0. The Kier molecular flexibility index (Phi) is 3.56. The van der Waals surface area contributed by atoms with E-state index in [1.807, 2.05) is 6.07 Å². The summed E-state index contributed by atoms with van der Waals surface area (Å²) in [7, 11) is 0. The number of likely N-dealkylation sites (tertiary alicyclic amines) is 1. The zero-order valence-corrected chi connectivity index (χ0v) is 17.1. The second-order valence-electron chi connectivity index (χ2n) is 8.06. The predicted molar refractivity (Wildman–Crippen MR) is 116 cm³/mol. The minimum absolute atomic E-state index is 0.161. The van der Waals surface area contributed by atoms with Crippen molar-refractivity contribution in [3.05, 3.63) is 64.9 Å². The smallest absolute Gasteiger partial charge is 0.408 e. The molecular formula is C23H18BrN3O2. The molecule has 6 rings (SSSR count). The molecule has 4 aromatic rings. The Balaban J connectivity index is 1.38. The highest BCUT2D eigenvalue weighted by molar-refractivity contribution is 9.10. The maximum Gasteiger partial charge on any atom is 0.408 e. The van der Waals surface area contributed by atoms with Crippen LogP contribution in [0.25, 0.3) is 32.9 Å². The average molecular weight is 448 g/mol. The number of imidazole rings is 1. The van der Waals surface area contributed by atoms with Gasteiger partial charge in [0, 0.05) is 10.5 Å². The van der Waals surface area contributed by atoms with Gasteiger partial charge in [0.25, 0.3) is 0 Å². The van der Waals surface area contributed by atoms with E-state index in [2.05, 4.69) is 69.4 Å². The Morgan fingerprint density at radius 1 is 1.03 bits per heavy atom. The molecule has 2 heterocycles. The first-order valence-corrected chi connectivity index (χ1v) is 10.6. The lowest BCUT2D eigenvalue weighted by molar-refractivity contribution is 0.129. The minimum Gasteiger partial charge on any atom is -0.465 e. The molecule has 2 aliphatic rings. The molecule has 3 aromatic carbocycles. The number of piperidine rings is 1. The van der Waals surface area contributed by atoms with E-state index in [0.717, 1.165) is 45.3 Å². The molecule has 3 atom stereocenters. The SMILES string of the molecule is O=C(O)N1C(c2nc3ccc(-c4ccc5cc(Br)ccc5c4)cc3[nH]2)CC2CC21. The molecule has 1 aromatic heterocycles. The number of benzene rings is 3. The van der Waals surface area contributed by atoms with E-state index >= 15 is 0 Å². The predicted octanol–water partition coefficient (Wildman–Crippen LogP) is 5.96. The number of nitrogens with one attached hydrogen (secondary N) is 1. The standard InChI is InChI=1S/C23H18BrN3O2/c24-17-5-3-13-7-12(1-2-14(13)8-17)15-4-6-18-19(9-15)26-22(25-18)21-11-16-10-20(16)27(21)23(28)29/h1-9,16,20-21H,10-11H2,(H,25,26)(H,28,29). The van der Waals surface area contributed by atoms with E-state index in [0.29, 0.717) is 5.92 Å². The third-order valence-corrected chi connectivity index (χ3v) is 6.77. The van der Waals surface area contributed by atoms with Gasteiger partial charge in [0.1, 0.15) is 5.82 Å². The van der Waals surface area contributed by atoms with Crippen LogP contribution in [-0.4, -0.2) is 32.1 Å². The summed E-state index contributed by atoms with van der Waals surface area (Å²) in [5, 5.41) is 12.0. The molecule has 0 bridgehead atoms. The van der Waals surface area contributed by atoms with Crippen molar-refractivity contribution in [1.82, 2.24) is 14.9 Å². The lowest BCUT2D eigenvalue weighted by Crippen LogP contribution is -2.32. The maximum atomic E-state index is 11.7. The van der Waals surface area contributed by atoms with Crippen molar-refractivity contribution >= 4 is 43.8 Å². The van der Waals surface area contributed by atoms with Gasteiger partial charge in [0.15, 0.2) is 0 Å². The van der Waals surface area contributed by atoms with Crippen molar-refractivity contribution in [1.29, 1.82) is 0 Å².